The number of anilines is 1. The first-order valence-electron chi connectivity index (χ1n) is 10.0. The van der Waals surface area contributed by atoms with Crippen LogP contribution < -0.4 is 11.1 Å². The molecule has 2 aromatic carbocycles. The summed E-state index contributed by atoms with van der Waals surface area (Å²) in [6.07, 6.45) is 6.68. The fourth-order valence-corrected chi connectivity index (χ4v) is 3.52. The molecule has 7 heteroatoms. The molecule has 1 aliphatic heterocycles. The van der Waals surface area contributed by atoms with Gasteiger partial charge in [0.1, 0.15) is 0 Å². The number of para-hydroxylation sites is 1. The van der Waals surface area contributed by atoms with Crippen LogP contribution in [0, 0.1) is 12.3 Å². The molecule has 1 atom stereocenters. The third-order valence-electron chi connectivity index (χ3n) is 5.09. The lowest BCUT2D eigenvalue weighted by Gasteiger charge is -2.14. The van der Waals surface area contributed by atoms with E-state index in [0.29, 0.717) is 17.0 Å². The smallest absolute Gasteiger partial charge is 0.291 e. The summed E-state index contributed by atoms with van der Waals surface area (Å²) < 4.78 is 5.40. The number of ether oxygens (including phenoxy) is 1. The van der Waals surface area contributed by atoms with Gasteiger partial charge in [0.05, 0.1) is 11.4 Å². The average molecular weight is 413 g/mol. The minimum Gasteiger partial charge on any atom is -0.407 e. The number of fused-ring (bicyclic) bond motifs is 1. The van der Waals surface area contributed by atoms with E-state index in [1.807, 2.05) is 61.5 Å². The molecule has 4 rings (SSSR count). The van der Waals surface area contributed by atoms with E-state index >= 15 is 0 Å². The Bertz CT molecular complexity index is 1160. The Morgan fingerprint density at radius 3 is 2.77 bits per heavy atom. The molecule has 0 radical (unpaired) electrons. The number of benzodiazepines with no additional fused rings is 1. The molecule has 2 aromatic rings. The van der Waals surface area contributed by atoms with E-state index in [0.717, 1.165) is 29.5 Å². The Balaban J connectivity index is 1.66. The number of benzene rings is 2. The van der Waals surface area contributed by atoms with Gasteiger partial charge in [0, 0.05) is 11.1 Å². The van der Waals surface area contributed by atoms with E-state index in [2.05, 4.69) is 21.4 Å². The lowest BCUT2D eigenvalue weighted by Crippen LogP contribution is -2.29. The molecule has 0 saturated carbocycles. The number of nitrogens with zero attached hydrogens (tertiary/aromatic N) is 2. The maximum atomic E-state index is 12.8. The summed E-state index contributed by atoms with van der Waals surface area (Å²) in [5.74, 6) is -0.552. The second kappa shape index (κ2) is 8.79. The van der Waals surface area contributed by atoms with Gasteiger partial charge in [-0.3, -0.25) is 10.2 Å². The van der Waals surface area contributed by atoms with E-state index in [1.54, 1.807) is 6.07 Å². The zero-order valence-electron chi connectivity index (χ0n) is 17.1. The molecular formula is C24H23N5O2. The SMILES string of the molecule is Cc1ccccc1C(=N)O/C(N)=N/C1N=C(C2=CC=CCC2)c2ccccc2NC1=O. The number of rotatable bonds is 3. The highest BCUT2D eigenvalue weighted by molar-refractivity contribution is 6.19. The normalized spacial score (nSPS) is 18.3. The van der Waals surface area contributed by atoms with E-state index in [1.165, 1.54) is 0 Å². The minimum atomic E-state index is -1.13. The number of allylic oxidation sites excluding steroid dienone is 4. The van der Waals surface area contributed by atoms with Gasteiger partial charge in [-0.2, -0.15) is 4.99 Å². The monoisotopic (exact) mass is 413 g/mol. The molecule has 2 aliphatic rings. The van der Waals surface area contributed by atoms with E-state index in [-0.39, 0.29) is 11.9 Å². The van der Waals surface area contributed by atoms with Gasteiger partial charge < -0.3 is 15.8 Å². The van der Waals surface area contributed by atoms with Crippen molar-refractivity contribution in [2.75, 3.05) is 5.32 Å². The minimum absolute atomic E-state index is 0.138. The molecule has 31 heavy (non-hydrogen) atoms. The van der Waals surface area contributed by atoms with Crippen LogP contribution in [0.5, 0.6) is 0 Å². The molecule has 1 aliphatic carbocycles. The standard InChI is InChI=1S/C24H23N5O2/c1-15-9-5-6-12-17(15)21(25)31-24(26)29-22-23(30)27-19-14-8-7-13-18(19)20(28-22)16-10-3-2-4-11-16/h2-3,5-10,12-14,22,25H,4,11H2,1H3,(H2,26,29)(H,27,30). The fourth-order valence-electron chi connectivity index (χ4n) is 3.52. The molecule has 0 bridgehead atoms. The van der Waals surface area contributed by atoms with Crippen molar-refractivity contribution in [3.63, 3.8) is 0 Å². The fraction of sp³-hybridized carbons (Fsp3) is 0.167. The number of aryl methyl sites for hydroxylation is 1. The van der Waals surface area contributed by atoms with Crippen molar-refractivity contribution in [3.05, 3.63) is 89.0 Å². The van der Waals surface area contributed by atoms with Crippen molar-refractivity contribution < 1.29 is 9.53 Å². The third kappa shape index (κ3) is 4.45. The first-order valence-corrected chi connectivity index (χ1v) is 10.0. The predicted octanol–water partition coefficient (Wildman–Crippen LogP) is 3.70. The number of nitrogens with two attached hydrogens (primary N) is 1. The Labute approximate surface area is 180 Å². The van der Waals surface area contributed by atoms with Crippen LogP contribution in [0.4, 0.5) is 5.69 Å². The number of hydrogen-bond acceptors (Lipinski definition) is 5. The third-order valence-corrected chi connectivity index (χ3v) is 5.09. The summed E-state index contributed by atoms with van der Waals surface area (Å²) in [6, 6.07) is 14.6. The summed E-state index contributed by atoms with van der Waals surface area (Å²) in [5, 5.41) is 11.1. The van der Waals surface area contributed by atoms with Crippen LogP contribution in [-0.2, 0) is 9.53 Å². The Morgan fingerprint density at radius 2 is 2.00 bits per heavy atom. The van der Waals surface area contributed by atoms with Gasteiger partial charge in [-0.15, -0.1) is 0 Å². The first-order chi connectivity index (χ1) is 15.0. The van der Waals surface area contributed by atoms with E-state index in [4.69, 9.17) is 15.9 Å². The number of amidine groups is 1. The van der Waals surface area contributed by atoms with Crippen molar-refractivity contribution in [2.24, 2.45) is 15.7 Å². The largest absolute Gasteiger partial charge is 0.407 e. The molecule has 0 spiro atoms. The number of hydrogen-bond donors (Lipinski definition) is 3. The second-order valence-corrected chi connectivity index (χ2v) is 7.26. The van der Waals surface area contributed by atoms with Crippen LogP contribution in [0.2, 0.25) is 0 Å². The van der Waals surface area contributed by atoms with E-state index in [9.17, 15) is 4.79 Å². The van der Waals surface area contributed by atoms with Crippen molar-refractivity contribution in [1.82, 2.24) is 0 Å². The lowest BCUT2D eigenvalue weighted by molar-refractivity contribution is -0.117. The zero-order valence-corrected chi connectivity index (χ0v) is 17.1. The summed E-state index contributed by atoms with van der Waals surface area (Å²) in [6.45, 7) is 1.87. The molecule has 0 aromatic heterocycles. The van der Waals surface area contributed by atoms with Crippen LogP contribution in [0.25, 0.3) is 0 Å². The van der Waals surface area contributed by atoms with Gasteiger partial charge in [0.15, 0.2) is 0 Å². The maximum Gasteiger partial charge on any atom is 0.291 e. The molecule has 156 valence electrons. The Morgan fingerprint density at radius 1 is 1.23 bits per heavy atom. The van der Waals surface area contributed by atoms with Crippen LogP contribution >= 0.6 is 0 Å². The molecule has 4 N–H and O–H groups in total. The van der Waals surface area contributed by atoms with Gasteiger partial charge in [0.25, 0.3) is 11.9 Å². The van der Waals surface area contributed by atoms with Gasteiger partial charge in [0.2, 0.25) is 12.1 Å². The molecule has 1 heterocycles. The van der Waals surface area contributed by atoms with Gasteiger partial charge in [-0.25, -0.2) is 4.99 Å². The molecule has 1 amide bonds. The van der Waals surface area contributed by atoms with Gasteiger partial charge in [-0.1, -0.05) is 54.6 Å². The number of nitrogens with one attached hydrogen (secondary N) is 2. The number of aliphatic imine (C=N–C) groups is 2. The van der Waals surface area contributed by atoms with Crippen LogP contribution in [-0.4, -0.2) is 29.7 Å². The summed E-state index contributed by atoms with van der Waals surface area (Å²) in [4.78, 5) is 21.7. The zero-order chi connectivity index (χ0) is 21.8. The number of carbonyl (C=O) groups is 1. The highest BCUT2D eigenvalue weighted by Crippen LogP contribution is 2.27. The second-order valence-electron chi connectivity index (χ2n) is 7.26. The molecule has 0 fully saturated rings. The van der Waals surface area contributed by atoms with Crippen molar-refractivity contribution in [3.8, 4) is 0 Å². The van der Waals surface area contributed by atoms with Crippen molar-refractivity contribution >= 4 is 29.2 Å². The Kier molecular flexibility index (Phi) is 5.75. The van der Waals surface area contributed by atoms with Gasteiger partial charge in [-0.05, 0) is 43.0 Å². The molecule has 0 saturated heterocycles. The van der Waals surface area contributed by atoms with Crippen LogP contribution in [0.15, 0.2) is 82.3 Å². The summed E-state index contributed by atoms with van der Waals surface area (Å²) in [7, 11) is 0. The van der Waals surface area contributed by atoms with Crippen molar-refractivity contribution in [2.45, 2.75) is 25.9 Å². The number of amides is 1. The number of carbonyl (C=O) groups excluding carboxylic acids is 1. The van der Waals surface area contributed by atoms with Gasteiger partial charge >= 0.3 is 0 Å². The maximum absolute atomic E-state index is 12.8. The highest BCUT2D eigenvalue weighted by Gasteiger charge is 2.27. The summed E-state index contributed by atoms with van der Waals surface area (Å²) in [5.41, 5.74) is 10.7. The van der Waals surface area contributed by atoms with E-state index < -0.39 is 12.1 Å². The quantitative estimate of drug-likeness (QED) is 0.527. The summed E-state index contributed by atoms with van der Waals surface area (Å²) >= 11 is 0. The lowest BCUT2D eigenvalue weighted by atomic mass is 9.94. The van der Waals surface area contributed by atoms with Crippen molar-refractivity contribution in [1.29, 1.82) is 5.41 Å². The molecule has 1 unspecified atom stereocenters. The Hall–Kier alpha value is -4.00. The predicted molar refractivity (Wildman–Crippen MR) is 123 cm³/mol. The van der Waals surface area contributed by atoms with Crippen LogP contribution in [0.1, 0.15) is 29.5 Å². The average Bonchev–Trinajstić information content (AvgIpc) is 2.91. The highest BCUT2D eigenvalue weighted by atomic mass is 16.5. The molecular weight excluding hydrogens is 390 g/mol. The molecule has 7 nitrogen and oxygen atoms in total. The topological polar surface area (TPSA) is 113 Å². The van der Waals surface area contributed by atoms with Crippen LogP contribution in [0.3, 0.4) is 0 Å². The first kappa shape index (κ1) is 20.3.